The van der Waals surface area contributed by atoms with Crippen molar-refractivity contribution in [1.29, 1.82) is 0 Å². The monoisotopic (exact) mass is 524 g/mol. The van der Waals surface area contributed by atoms with E-state index in [-0.39, 0.29) is 4.90 Å². The number of anilines is 2. The molecule has 0 aliphatic heterocycles. The zero-order valence-corrected chi connectivity index (χ0v) is 21.8. The highest BCUT2D eigenvalue weighted by Gasteiger charge is 2.27. The van der Waals surface area contributed by atoms with E-state index in [1.54, 1.807) is 37.5 Å². The number of rotatable bonds is 9. The zero-order valence-electron chi connectivity index (χ0n) is 21.0. The topological polar surface area (TPSA) is 92.5 Å². The predicted molar refractivity (Wildman–Crippen MR) is 148 cm³/mol. The van der Waals surface area contributed by atoms with Crippen LogP contribution in [0.3, 0.4) is 0 Å². The molecule has 38 heavy (non-hydrogen) atoms. The van der Waals surface area contributed by atoms with Crippen molar-refractivity contribution in [2.24, 2.45) is 0 Å². The van der Waals surface area contributed by atoms with Crippen molar-refractivity contribution in [1.82, 2.24) is 23.9 Å². The molecule has 9 heteroatoms. The molecule has 1 fully saturated rings. The van der Waals surface area contributed by atoms with Gasteiger partial charge in [-0.3, -0.25) is 4.98 Å². The summed E-state index contributed by atoms with van der Waals surface area (Å²) in [4.78, 5) is 9.37. The molecule has 6 rings (SSSR count). The molecule has 0 atom stereocenters. The standard InChI is InChI=1S/C29H28N6O2S/c1-34(18-16-23-9-5-6-17-30-23)38(36,37)25-14-12-24(13-15-25)31-28-19-26(21-7-3-2-4-8-21)32-29-20-27(22-10-11-22)33-35(28)29/h2-9,12-15,17,19-20,22,31H,10-11,16,18H2,1H3. The Hall–Kier alpha value is -4.08. The van der Waals surface area contributed by atoms with Crippen LogP contribution in [-0.2, 0) is 16.4 Å². The fourth-order valence-electron chi connectivity index (χ4n) is 4.39. The lowest BCUT2D eigenvalue weighted by Gasteiger charge is -2.17. The van der Waals surface area contributed by atoms with Gasteiger partial charge in [0.05, 0.1) is 16.3 Å². The predicted octanol–water partition coefficient (Wildman–Crippen LogP) is 5.28. The molecule has 2 aromatic carbocycles. The van der Waals surface area contributed by atoms with Gasteiger partial charge in [0.1, 0.15) is 5.82 Å². The Labute approximate surface area is 222 Å². The number of benzene rings is 2. The lowest BCUT2D eigenvalue weighted by Crippen LogP contribution is -2.29. The van der Waals surface area contributed by atoms with Crippen LogP contribution in [0, 0.1) is 0 Å². The molecular weight excluding hydrogens is 496 g/mol. The number of pyridine rings is 1. The normalized spacial score (nSPS) is 13.7. The molecule has 192 valence electrons. The highest BCUT2D eigenvalue weighted by molar-refractivity contribution is 7.89. The summed E-state index contributed by atoms with van der Waals surface area (Å²) in [5, 5.41) is 8.24. The van der Waals surface area contributed by atoms with E-state index in [9.17, 15) is 8.42 Å². The molecule has 1 aliphatic carbocycles. The van der Waals surface area contributed by atoms with Gasteiger partial charge in [0.15, 0.2) is 5.65 Å². The van der Waals surface area contributed by atoms with Gasteiger partial charge in [0, 0.05) is 61.2 Å². The molecule has 0 spiro atoms. The number of hydrogen-bond acceptors (Lipinski definition) is 6. The molecule has 3 aromatic heterocycles. The summed E-state index contributed by atoms with van der Waals surface area (Å²) in [5.74, 6) is 1.27. The summed E-state index contributed by atoms with van der Waals surface area (Å²) in [5.41, 5.74) is 5.32. The van der Waals surface area contributed by atoms with E-state index in [1.165, 1.54) is 4.31 Å². The molecule has 0 amide bonds. The minimum absolute atomic E-state index is 0.242. The van der Waals surface area contributed by atoms with Crippen molar-refractivity contribution in [3.05, 3.63) is 103 Å². The third-order valence-electron chi connectivity index (χ3n) is 6.76. The molecule has 0 bridgehead atoms. The summed E-state index contributed by atoms with van der Waals surface area (Å²) in [6, 6.07) is 26.5. The Bertz CT molecular complexity index is 1670. The Morgan fingerprint density at radius 3 is 2.45 bits per heavy atom. The van der Waals surface area contributed by atoms with Crippen LogP contribution in [0.2, 0.25) is 0 Å². The summed E-state index contributed by atoms with van der Waals surface area (Å²) in [6.07, 6.45) is 4.57. The second kappa shape index (κ2) is 10.00. The summed E-state index contributed by atoms with van der Waals surface area (Å²) in [6.45, 7) is 0.346. The van der Waals surface area contributed by atoms with E-state index in [2.05, 4.69) is 16.4 Å². The molecule has 1 aliphatic rings. The number of aromatic nitrogens is 4. The number of likely N-dealkylation sites (N-methyl/N-ethyl adjacent to an activating group) is 1. The van der Waals surface area contributed by atoms with Crippen molar-refractivity contribution in [2.45, 2.75) is 30.1 Å². The maximum absolute atomic E-state index is 13.1. The van der Waals surface area contributed by atoms with E-state index in [0.717, 1.165) is 52.6 Å². The first-order valence-corrected chi connectivity index (χ1v) is 14.1. The van der Waals surface area contributed by atoms with Crippen LogP contribution < -0.4 is 5.32 Å². The van der Waals surface area contributed by atoms with E-state index in [1.807, 2.05) is 59.1 Å². The van der Waals surface area contributed by atoms with Crippen LogP contribution >= 0.6 is 0 Å². The van der Waals surface area contributed by atoms with Gasteiger partial charge in [-0.05, 0) is 49.2 Å². The first kappa shape index (κ1) is 24.3. The molecule has 1 N–H and O–H groups in total. The van der Waals surface area contributed by atoms with Gasteiger partial charge < -0.3 is 5.32 Å². The number of nitrogens with zero attached hydrogens (tertiary/aromatic N) is 5. The third-order valence-corrected chi connectivity index (χ3v) is 8.63. The van der Waals surface area contributed by atoms with Gasteiger partial charge in [-0.15, -0.1) is 0 Å². The quantitative estimate of drug-likeness (QED) is 0.282. The number of sulfonamides is 1. The second-order valence-corrected chi connectivity index (χ2v) is 11.6. The molecule has 0 radical (unpaired) electrons. The fourth-order valence-corrected chi connectivity index (χ4v) is 5.56. The summed E-state index contributed by atoms with van der Waals surface area (Å²) >= 11 is 0. The van der Waals surface area contributed by atoms with Gasteiger partial charge in [0.25, 0.3) is 0 Å². The molecule has 0 saturated heterocycles. The lowest BCUT2D eigenvalue weighted by molar-refractivity contribution is 0.471. The maximum atomic E-state index is 13.1. The van der Waals surface area contributed by atoms with Crippen LogP contribution in [0.5, 0.6) is 0 Å². The first-order valence-electron chi connectivity index (χ1n) is 12.7. The Balaban J connectivity index is 1.25. The molecule has 1 saturated carbocycles. The third kappa shape index (κ3) is 5.03. The number of fused-ring (bicyclic) bond motifs is 1. The van der Waals surface area contributed by atoms with Crippen LogP contribution in [0.25, 0.3) is 16.9 Å². The molecule has 3 heterocycles. The number of nitrogens with one attached hydrogen (secondary N) is 1. The lowest BCUT2D eigenvalue weighted by atomic mass is 10.1. The fraction of sp³-hybridized carbons (Fsp3) is 0.207. The first-order chi connectivity index (χ1) is 18.5. The maximum Gasteiger partial charge on any atom is 0.242 e. The van der Waals surface area contributed by atoms with Gasteiger partial charge in [0.2, 0.25) is 10.0 Å². The average molecular weight is 525 g/mol. The van der Waals surface area contributed by atoms with Gasteiger partial charge in [-0.25, -0.2) is 17.7 Å². The van der Waals surface area contributed by atoms with Crippen LogP contribution in [0.4, 0.5) is 11.5 Å². The van der Waals surface area contributed by atoms with Crippen molar-refractivity contribution in [2.75, 3.05) is 18.9 Å². The highest BCUT2D eigenvalue weighted by Crippen LogP contribution is 2.40. The van der Waals surface area contributed by atoms with E-state index >= 15 is 0 Å². The van der Waals surface area contributed by atoms with Gasteiger partial charge in [-0.2, -0.15) is 9.61 Å². The molecule has 8 nitrogen and oxygen atoms in total. The Kier molecular flexibility index (Phi) is 6.39. The van der Waals surface area contributed by atoms with Crippen LogP contribution in [0.1, 0.15) is 30.1 Å². The molecule has 5 aromatic rings. The van der Waals surface area contributed by atoms with Crippen LogP contribution in [0.15, 0.2) is 96.0 Å². The largest absolute Gasteiger partial charge is 0.340 e. The van der Waals surface area contributed by atoms with Gasteiger partial charge in [-0.1, -0.05) is 36.4 Å². The summed E-state index contributed by atoms with van der Waals surface area (Å²) in [7, 11) is -2.03. The Morgan fingerprint density at radius 2 is 1.74 bits per heavy atom. The second-order valence-electron chi connectivity index (χ2n) is 9.55. The van der Waals surface area contributed by atoms with E-state index < -0.39 is 10.0 Å². The SMILES string of the molecule is CN(CCc1ccccn1)S(=O)(=O)c1ccc(Nc2cc(-c3ccccc3)nc3cc(C4CC4)nn23)cc1. The van der Waals surface area contributed by atoms with Crippen molar-refractivity contribution in [3.8, 4) is 11.3 Å². The van der Waals surface area contributed by atoms with Crippen molar-refractivity contribution >= 4 is 27.2 Å². The van der Waals surface area contributed by atoms with Crippen molar-refractivity contribution in [3.63, 3.8) is 0 Å². The van der Waals surface area contributed by atoms with E-state index in [4.69, 9.17) is 10.1 Å². The molecule has 0 unspecified atom stereocenters. The van der Waals surface area contributed by atoms with Crippen LogP contribution in [-0.4, -0.2) is 45.9 Å². The summed E-state index contributed by atoms with van der Waals surface area (Å²) < 4.78 is 29.5. The minimum atomic E-state index is -3.63. The van der Waals surface area contributed by atoms with E-state index in [0.29, 0.717) is 18.9 Å². The van der Waals surface area contributed by atoms with Gasteiger partial charge >= 0.3 is 0 Å². The van der Waals surface area contributed by atoms with Crippen molar-refractivity contribution < 1.29 is 8.42 Å². The average Bonchev–Trinajstić information content (AvgIpc) is 3.71. The Morgan fingerprint density at radius 1 is 0.974 bits per heavy atom. The smallest absolute Gasteiger partial charge is 0.242 e. The number of hydrogen-bond donors (Lipinski definition) is 1. The molecular formula is C29H28N6O2S. The minimum Gasteiger partial charge on any atom is -0.340 e. The zero-order chi connectivity index (χ0) is 26.1. The highest BCUT2D eigenvalue weighted by atomic mass is 32.2.